The second kappa shape index (κ2) is 14.7. The molecule has 0 atom stereocenters. The van der Waals surface area contributed by atoms with Crippen LogP contribution >= 0.6 is 0 Å². The van der Waals surface area contributed by atoms with Gasteiger partial charge in [-0.25, -0.2) is 0 Å². The second-order valence-corrected chi connectivity index (χ2v) is 7.18. The van der Waals surface area contributed by atoms with Gasteiger partial charge in [0.05, 0.1) is 0 Å². The van der Waals surface area contributed by atoms with Crippen LogP contribution in [0.3, 0.4) is 0 Å². The van der Waals surface area contributed by atoms with Gasteiger partial charge in [0, 0.05) is 0 Å². The van der Waals surface area contributed by atoms with E-state index in [0.717, 1.165) is 5.92 Å². The van der Waals surface area contributed by atoms with E-state index in [4.69, 9.17) is 0 Å². The summed E-state index contributed by atoms with van der Waals surface area (Å²) in [5.74, 6) is 1.06. The molecule has 0 heterocycles. The molecule has 0 unspecified atom stereocenters. The first kappa shape index (κ1) is 18.8. The molecule has 0 spiro atoms. The average molecular weight is 293 g/mol. The summed E-state index contributed by atoms with van der Waals surface area (Å²) in [7, 11) is 0. The molecular formula is C21H40. The Labute approximate surface area is 134 Å². The summed E-state index contributed by atoms with van der Waals surface area (Å²) < 4.78 is 0. The predicted octanol–water partition coefficient (Wildman–Crippen LogP) is 7.82. The molecule has 0 radical (unpaired) electrons. The molecular weight excluding hydrogens is 252 g/mol. The first-order valence-electron chi connectivity index (χ1n) is 10.1. The Balaban J connectivity index is 1.64. The zero-order valence-corrected chi connectivity index (χ0v) is 14.8. The molecule has 0 aromatic carbocycles. The van der Waals surface area contributed by atoms with Gasteiger partial charge in [0.25, 0.3) is 0 Å². The Kier molecular flexibility index (Phi) is 13.1. The Bertz CT molecular complexity index is 224. The first-order valence-corrected chi connectivity index (χ1v) is 10.1. The number of hydrogen-bond acceptors (Lipinski definition) is 0. The van der Waals surface area contributed by atoms with Crippen LogP contribution < -0.4 is 0 Å². The third kappa shape index (κ3) is 14.4. The minimum Gasteiger partial charge on any atom is -0.0885 e. The fourth-order valence-electron chi connectivity index (χ4n) is 3.04. The normalized spacial score (nSPS) is 15.1. The highest BCUT2D eigenvalue weighted by Crippen LogP contribution is 2.32. The quantitative estimate of drug-likeness (QED) is 0.201. The Morgan fingerprint density at radius 1 is 0.619 bits per heavy atom. The van der Waals surface area contributed by atoms with E-state index < -0.39 is 0 Å². The molecule has 0 saturated heterocycles. The lowest BCUT2D eigenvalue weighted by molar-refractivity contribution is 0.540. The smallest absolute Gasteiger partial charge is 0.0322 e. The highest BCUT2D eigenvalue weighted by atomic mass is 14.2. The molecule has 21 heavy (non-hydrogen) atoms. The van der Waals surface area contributed by atoms with Crippen LogP contribution in [0.1, 0.15) is 116 Å². The van der Waals surface area contributed by atoms with Crippen molar-refractivity contribution in [3.8, 4) is 0 Å². The molecule has 0 nitrogen and oxygen atoms in total. The van der Waals surface area contributed by atoms with Crippen molar-refractivity contribution in [2.24, 2.45) is 5.92 Å². The van der Waals surface area contributed by atoms with Crippen molar-refractivity contribution in [3.63, 3.8) is 0 Å². The Hall–Kier alpha value is -0.260. The van der Waals surface area contributed by atoms with Crippen molar-refractivity contribution in [1.29, 1.82) is 0 Å². The van der Waals surface area contributed by atoms with Crippen molar-refractivity contribution in [3.05, 3.63) is 12.2 Å². The fraction of sp³-hybridized carbons (Fsp3) is 0.905. The van der Waals surface area contributed by atoms with Gasteiger partial charge in [0.2, 0.25) is 0 Å². The molecule has 0 amide bonds. The van der Waals surface area contributed by atoms with Gasteiger partial charge in [-0.1, -0.05) is 96.1 Å². The second-order valence-electron chi connectivity index (χ2n) is 7.18. The molecule has 124 valence electrons. The Morgan fingerprint density at radius 2 is 1.10 bits per heavy atom. The van der Waals surface area contributed by atoms with E-state index in [0.29, 0.717) is 0 Å². The van der Waals surface area contributed by atoms with Gasteiger partial charge in [-0.3, -0.25) is 0 Å². The lowest BCUT2D eigenvalue weighted by Gasteiger charge is -2.02. The number of hydrogen-bond donors (Lipinski definition) is 0. The summed E-state index contributed by atoms with van der Waals surface area (Å²) in [5, 5.41) is 0. The highest BCUT2D eigenvalue weighted by Gasteiger charge is 2.18. The number of unbranched alkanes of at least 4 members (excludes halogenated alkanes) is 13. The van der Waals surface area contributed by atoms with Gasteiger partial charge in [-0.2, -0.15) is 0 Å². The van der Waals surface area contributed by atoms with Crippen LogP contribution in [0.2, 0.25) is 0 Å². The third-order valence-electron chi connectivity index (χ3n) is 4.81. The maximum absolute atomic E-state index is 2.43. The van der Waals surface area contributed by atoms with Crippen LogP contribution in [0.15, 0.2) is 12.2 Å². The van der Waals surface area contributed by atoms with E-state index in [1.54, 1.807) is 0 Å². The molecule has 1 aliphatic carbocycles. The summed E-state index contributed by atoms with van der Waals surface area (Å²) in [6.45, 7) is 2.30. The SMILES string of the molecule is CCCCCCCCCCCCCCCC=CCC1CC1. The summed E-state index contributed by atoms with van der Waals surface area (Å²) in [6.07, 6.45) is 29.5. The van der Waals surface area contributed by atoms with Crippen LogP contribution in [-0.2, 0) is 0 Å². The number of allylic oxidation sites excluding steroid dienone is 2. The standard InChI is InChI=1S/C21H40/c1-2-3-4-5-6-7-8-9-10-11-12-13-14-15-16-17-18-21-19-20-21/h16-17,21H,2-15,18-20H2,1H3. The average Bonchev–Trinajstić information content (AvgIpc) is 3.31. The van der Waals surface area contributed by atoms with Crippen LogP contribution in [0, 0.1) is 5.92 Å². The minimum atomic E-state index is 1.06. The summed E-state index contributed by atoms with van der Waals surface area (Å²) in [6, 6.07) is 0. The molecule has 0 aromatic rings. The highest BCUT2D eigenvalue weighted by molar-refractivity contribution is 4.88. The van der Waals surface area contributed by atoms with Crippen LogP contribution in [0.4, 0.5) is 0 Å². The monoisotopic (exact) mass is 292 g/mol. The lowest BCUT2D eigenvalue weighted by atomic mass is 10.0. The predicted molar refractivity (Wildman–Crippen MR) is 96.8 cm³/mol. The zero-order valence-electron chi connectivity index (χ0n) is 14.8. The van der Waals surface area contributed by atoms with Gasteiger partial charge in [0.15, 0.2) is 0 Å². The summed E-state index contributed by atoms with van der Waals surface area (Å²) >= 11 is 0. The molecule has 1 fully saturated rings. The van der Waals surface area contributed by atoms with E-state index in [1.165, 1.54) is 109 Å². The van der Waals surface area contributed by atoms with Crippen LogP contribution in [0.5, 0.6) is 0 Å². The van der Waals surface area contributed by atoms with Crippen molar-refractivity contribution >= 4 is 0 Å². The molecule has 0 aromatic heterocycles. The van der Waals surface area contributed by atoms with E-state index >= 15 is 0 Å². The van der Waals surface area contributed by atoms with Gasteiger partial charge < -0.3 is 0 Å². The first-order chi connectivity index (χ1) is 10.4. The van der Waals surface area contributed by atoms with E-state index in [1.807, 2.05) is 0 Å². The van der Waals surface area contributed by atoms with Crippen LogP contribution in [0.25, 0.3) is 0 Å². The third-order valence-corrected chi connectivity index (χ3v) is 4.81. The maximum atomic E-state index is 2.43. The van der Waals surface area contributed by atoms with Crippen molar-refractivity contribution < 1.29 is 0 Å². The van der Waals surface area contributed by atoms with Gasteiger partial charge in [-0.05, 0) is 38.0 Å². The van der Waals surface area contributed by atoms with Gasteiger partial charge >= 0.3 is 0 Å². The molecule has 0 bridgehead atoms. The van der Waals surface area contributed by atoms with Crippen molar-refractivity contribution in [2.45, 2.75) is 116 Å². The van der Waals surface area contributed by atoms with Gasteiger partial charge in [0.1, 0.15) is 0 Å². The zero-order chi connectivity index (χ0) is 15.0. The Morgan fingerprint density at radius 3 is 1.57 bits per heavy atom. The van der Waals surface area contributed by atoms with E-state index in [2.05, 4.69) is 19.1 Å². The molecule has 0 heteroatoms. The molecule has 0 N–H and O–H groups in total. The summed E-state index contributed by atoms with van der Waals surface area (Å²) in [5.41, 5.74) is 0. The van der Waals surface area contributed by atoms with Crippen molar-refractivity contribution in [2.75, 3.05) is 0 Å². The molecule has 0 aliphatic heterocycles. The topological polar surface area (TPSA) is 0 Å². The number of rotatable bonds is 16. The molecule has 1 aliphatic rings. The molecule has 1 rings (SSSR count). The van der Waals surface area contributed by atoms with E-state index in [9.17, 15) is 0 Å². The minimum absolute atomic E-state index is 1.06. The summed E-state index contributed by atoms with van der Waals surface area (Å²) in [4.78, 5) is 0. The largest absolute Gasteiger partial charge is 0.0885 e. The van der Waals surface area contributed by atoms with Gasteiger partial charge in [-0.15, -0.1) is 0 Å². The van der Waals surface area contributed by atoms with E-state index in [-0.39, 0.29) is 0 Å². The maximum Gasteiger partial charge on any atom is -0.0322 e. The fourth-order valence-corrected chi connectivity index (χ4v) is 3.04. The van der Waals surface area contributed by atoms with Crippen LogP contribution in [-0.4, -0.2) is 0 Å². The van der Waals surface area contributed by atoms with Crippen molar-refractivity contribution in [1.82, 2.24) is 0 Å². The lowest BCUT2D eigenvalue weighted by Crippen LogP contribution is -1.82. The molecule has 1 saturated carbocycles.